The zero-order chi connectivity index (χ0) is 22.4. The zero-order valence-electron chi connectivity index (χ0n) is 18.7. The van der Waals surface area contributed by atoms with Gasteiger partial charge in [-0.3, -0.25) is 19.4 Å². The van der Waals surface area contributed by atoms with Crippen molar-refractivity contribution >= 4 is 46.5 Å². The van der Waals surface area contributed by atoms with Gasteiger partial charge in [-0.1, -0.05) is 6.08 Å². The van der Waals surface area contributed by atoms with E-state index in [1.54, 1.807) is 13.2 Å². The highest BCUT2D eigenvalue weighted by molar-refractivity contribution is 7.80. The fraction of sp³-hybridized carbons (Fsp3) is 0.435. The number of carbonyl (C=O) groups excluding carboxylic acids is 2. The highest BCUT2D eigenvalue weighted by Crippen LogP contribution is 2.42. The van der Waals surface area contributed by atoms with E-state index in [0.717, 1.165) is 16.8 Å². The summed E-state index contributed by atoms with van der Waals surface area (Å²) < 4.78 is 5.64. The Morgan fingerprint density at radius 1 is 1.10 bits per heavy atom. The van der Waals surface area contributed by atoms with Crippen LogP contribution in [0, 0.1) is 0 Å². The number of benzene rings is 1. The van der Waals surface area contributed by atoms with Gasteiger partial charge in [-0.2, -0.15) is 0 Å². The van der Waals surface area contributed by atoms with E-state index in [4.69, 9.17) is 17.0 Å². The van der Waals surface area contributed by atoms with Gasteiger partial charge in [0.1, 0.15) is 11.3 Å². The van der Waals surface area contributed by atoms with Crippen LogP contribution in [0.5, 0.6) is 5.75 Å². The summed E-state index contributed by atoms with van der Waals surface area (Å²) in [7, 11) is 3.64. The summed E-state index contributed by atoms with van der Waals surface area (Å²) in [5, 5.41) is 0.257. The summed E-state index contributed by atoms with van der Waals surface area (Å²) in [5.41, 5.74) is 3.90. The van der Waals surface area contributed by atoms with Gasteiger partial charge in [-0.25, -0.2) is 0 Å². The molecule has 1 fully saturated rings. The molecule has 0 aromatic heterocycles. The maximum Gasteiger partial charge on any atom is 0.265 e. The third-order valence-corrected chi connectivity index (χ3v) is 6.35. The van der Waals surface area contributed by atoms with E-state index in [1.165, 1.54) is 9.80 Å². The van der Waals surface area contributed by atoms with Gasteiger partial charge in [0, 0.05) is 43.0 Å². The number of nitrogens with zero attached hydrogens (tertiary/aromatic N) is 3. The topological polar surface area (TPSA) is 53.1 Å². The van der Waals surface area contributed by atoms with Crippen LogP contribution in [0.25, 0.3) is 11.6 Å². The summed E-state index contributed by atoms with van der Waals surface area (Å²) in [4.78, 5) is 31.1. The van der Waals surface area contributed by atoms with Gasteiger partial charge in [0.05, 0.1) is 12.6 Å². The lowest BCUT2D eigenvalue weighted by Gasteiger charge is -2.41. The van der Waals surface area contributed by atoms with Crippen LogP contribution in [0.3, 0.4) is 0 Å². The number of hydrogen-bond donors (Lipinski definition) is 0. The monoisotopic (exact) mass is 427 g/mol. The second-order valence-corrected chi connectivity index (χ2v) is 8.46. The third-order valence-electron chi connectivity index (χ3n) is 5.91. The molecule has 2 amide bonds. The molecule has 0 radical (unpaired) electrons. The number of hydrogen-bond acceptors (Lipinski definition) is 5. The van der Waals surface area contributed by atoms with Crippen LogP contribution in [0.2, 0.25) is 0 Å². The first kappa shape index (κ1) is 22.0. The van der Waals surface area contributed by atoms with E-state index in [0.29, 0.717) is 24.4 Å². The van der Waals surface area contributed by atoms with Crippen LogP contribution >= 0.6 is 12.2 Å². The van der Waals surface area contributed by atoms with Crippen molar-refractivity contribution in [2.45, 2.75) is 40.2 Å². The Kier molecular flexibility index (Phi) is 5.78. The molecule has 2 aliphatic rings. The van der Waals surface area contributed by atoms with Crippen molar-refractivity contribution < 1.29 is 14.3 Å². The van der Waals surface area contributed by atoms with Crippen LogP contribution in [-0.2, 0) is 9.59 Å². The van der Waals surface area contributed by atoms with Gasteiger partial charge < -0.3 is 9.64 Å². The van der Waals surface area contributed by atoms with Crippen molar-refractivity contribution in [2.24, 2.45) is 0 Å². The molecule has 0 saturated carbocycles. The molecule has 0 N–H and O–H groups in total. The number of methoxy groups -OCH3 is 1. The van der Waals surface area contributed by atoms with Crippen LogP contribution in [0.15, 0.2) is 23.8 Å². The first-order valence-electron chi connectivity index (χ1n) is 10.1. The largest absolute Gasteiger partial charge is 0.496 e. The molecule has 2 aliphatic heterocycles. The van der Waals surface area contributed by atoms with Crippen molar-refractivity contribution in [1.82, 2.24) is 9.80 Å². The van der Waals surface area contributed by atoms with Crippen LogP contribution in [-0.4, -0.2) is 59.5 Å². The second-order valence-electron chi connectivity index (χ2n) is 8.09. The minimum atomic E-state index is -0.373. The Balaban J connectivity index is 2.18. The molecule has 0 aliphatic carbocycles. The Morgan fingerprint density at radius 3 is 2.17 bits per heavy atom. The Hall–Kier alpha value is -2.67. The normalized spacial score (nSPS) is 18.5. The maximum atomic E-state index is 13.0. The number of rotatable bonds is 4. The van der Waals surface area contributed by atoms with Crippen molar-refractivity contribution in [3.8, 4) is 5.75 Å². The molecule has 1 aromatic rings. The molecule has 0 unspecified atom stereocenters. The lowest BCUT2D eigenvalue weighted by atomic mass is 9.88. The fourth-order valence-electron chi connectivity index (χ4n) is 4.02. The van der Waals surface area contributed by atoms with Crippen molar-refractivity contribution in [2.75, 3.05) is 32.1 Å². The maximum absolute atomic E-state index is 13.0. The Bertz CT molecular complexity index is 966. The van der Waals surface area contributed by atoms with E-state index in [9.17, 15) is 9.59 Å². The molecule has 160 valence electrons. The molecular formula is C23H29N3O3S. The molecular weight excluding hydrogens is 398 g/mol. The van der Waals surface area contributed by atoms with Gasteiger partial charge in [0.2, 0.25) is 0 Å². The van der Waals surface area contributed by atoms with Crippen molar-refractivity contribution in [1.29, 1.82) is 0 Å². The van der Waals surface area contributed by atoms with Gasteiger partial charge in [-0.05, 0) is 64.6 Å². The summed E-state index contributed by atoms with van der Waals surface area (Å²) in [5.74, 6) is -0.136. The predicted octanol–water partition coefficient (Wildman–Crippen LogP) is 3.71. The highest BCUT2D eigenvalue weighted by Gasteiger charge is 2.38. The van der Waals surface area contributed by atoms with Gasteiger partial charge >= 0.3 is 0 Å². The average Bonchev–Trinajstić information content (AvgIpc) is 2.69. The lowest BCUT2D eigenvalue weighted by Crippen LogP contribution is -2.55. The van der Waals surface area contributed by atoms with Gasteiger partial charge in [-0.15, -0.1) is 0 Å². The SMILES string of the molecule is CCN1C(=O)C(=Cc2cc3c(cc2OC)N(C)C(C)(C)C=C3C)C(=O)N(CC)C1=S. The number of likely N-dealkylation sites (N-methyl/N-ethyl adjacent to an activating group) is 3. The number of thiocarbonyl (C=S) groups is 1. The first-order valence-corrected chi connectivity index (χ1v) is 10.5. The van der Waals surface area contributed by atoms with E-state index >= 15 is 0 Å². The quantitative estimate of drug-likeness (QED) is 0.417. The highest BCUT2D eigenvalue weighted by atomic mass is 32.1. The van der Waals surface area contributed by atoms with Crippen LogP contribution in [0.4, 0.5) is 5.69 Å². The third kappa shape index (κ3) is 3.41. The molecule has 7 heteroatoms. The molecule has 3 rings (SSSR count). The summed E-state index contributed by atoms with van der Waals surface area (Å²) >= 11 is 5.34. The zero-order valence-corrected chi connectivity index (χ0v) is 19.5. The predicted molar refractivity (Wildman–Crippen MR) is 124 cm³/mol. The first-order chi connectivity index (χ1) is 14.1. The molecule has 30 heavy (non-hydrogen) atoms. The van der Waals surface area contributed by atoms with E-state index in [1.807, 2.05) is 33.0 Å². The molecule has 0 atom stereocenters. The van der Waals surface area contributed by atoms with Gasteiger partial charge in [0.15, 0.2) is 5.11 Å². The number of amides is 2. The number of allylic oxidation sites excluding steroid dienone is 1. The number of ether oxygens (including phenoxy) is 1. The van der Waals surface area contributed by atoms with E-state index < -0.39 is 0 Å². The number of carbonyl (C=O) groups is 2. The summed E-state index contributed by atoms with van der Waals surface area (Å²) in [6.07, 6.45) is 3.84. The molecule has 2 heterocycles. The molecule has 0 spiro atoms. The smallest absolute Gasteiger partial charge is 0.265 e. The molecule has 6 nitrogen and oxygen atoms in total. The van der Waals surface area contributed by atoms with E-state index in [-0.39, 0.29) is 28.0 Å². The van der Waals surface area contributed by atoms with Crippen LogP contribution in [0.1, 0.15) is 45.7 Å². The standard InChI is InChI=1S/C23H29N3O3S/c1-8-25-20(27)17(21(28)26(9-2)22(25)30)11-15-10-16-14(3)13-23(4,5)24(6)18(16)12-19(15)29-7/h10-13H,8-9H2,1-7H3. The van der Waals surface area contributed by atoms with Crippen molar-refractivity contribution in [3.05, 3.63) is 34.9 Å². The van der Waals surface area contributed by atoms with E-state index in [2.05, 4.69) is 31.7 Å². The second kappa shape index (κ2) is 7.87. The molecule has 0 bridgehead atoms. The lowest BCUT2D eigenvalue weighted by molar-refractivity contribution is -0.133. The van der Waals surface area contributed by atoms with Crippen LogP contribution < -0.4 is 9.64 Å². The molecule has 1 aromatic carbocycles. The summed E-state index contributed by atoms with van der Waals surface area (Å²) in [6, 6.07) is 3.95. The Labute approximate surface area is 183 Å². The Morgan fingerprint density at radius 2 is 1.67 bits per heavy atom. The minimum Gasteiger partial charge on any atom is -0.496 e. The minimum absolute atomic E-state index is 0.0941. The number of fused-ring (bicyclic) bond motifs is 1. The number of anilines is 1. The summed E-state index contributed by atoms with van der Waals surface area (Å²) in [6.45, 7) is 10.9. The van der Waals surface area contributed by atoms with Crippen molar-refractivity contribution in [3.63, 3.8) is 0 Å². The molecule has 1 saturated heterocycles. The average molecular weight is 428 g/mol. The fourth-order valence-corrected chi connectivity index (χ4v) is 4.45. The van der Waals surface area contributed by atoms with Gasteiger partial charge in [0.25, 0.3) is 11.8 Å².